The van der Waals surface area contributed by atoms with Crippen LogP contribution in [0.25, 0.3) is 0 Å². The predicted octanol–water partition coefficient (Wildman–Crippen LogP) is 4.10. The van der Waals surface area contributed by atoms with Gasteiger partial charge in [-0.2, -0.15) is 0 Å². The molecule has 20 heavy (non-hydrogen) atoms. The Kier molecular flexibility index (Phi) is 4.43. The molecule has 0 aliphatic rings. The molecule has 0 amide bonds. The second-order valence-corrected chi connectivity index (χ2v) is 6.23. The maximum Gasteiger partial charge on any atom is 0.141 e. The molecular formula is C16H20BrN3. The van der Waals surface area contributed by atoms with Crippen molar-refractivity contribution in [2.24, 2.45) is 0 Å². The maximum absolute atomic E-state index is 6.03. The van der Waals surface area contributed by atoms with Crippen LogP contribution in [0.4, 0.5) is 5.82 Å². The van der Waals surface area contributed by atoms with Crippen molar-refractivity contribution in [1.82, 2.24) is 9.97 Å². The Hall–Kier alpha value is -1.42. The average Bonchev–Trinajstić information content (AvgIpc) is 2.44. The van der Waals surface area contributed by atoms with E-state index in [1.54, 1.807) is 0 Å². The molecular weight excluding hydrogens is 314 g/mol. The number of aromatic nitrogens is 2. The van der Waals surface area contributed by atoms with Crippen molar-refractivity contribution in [3.63, 3.8) is 0 Å². The van der Waals surface area contributed by atoms with Crippen LogP contribution < -0.4 is 5.73 Å². The molecule has 2 aromatic rings. The van der Waals surface area contributed by atoms with Crippen LogP contribution in [0.1, 0.15) is 44.3 Å². The maximum atomic E-state index is 6.03. The number of rotatable bonds is 4. The summed E-state index contributed by atoms with van der Waals surface area (Å²) in [6.45, 7) is 6.38. The first-order valence-corrected chi connectivity index (χ1v) is 7.64. The molecule has 0 aliphatic heterocycles. The van der Waals surface area contributed by atoms with Gasteiger partial charge < -0.3 is 5.73 Å². The van der Waals surface area contributed by atoms with Crippen LogP contribution in [0.15, 0.2) is 34.8 Å². The number of benzene rings is 1. The molecule has 3 nitrogen and oxygen atoms in total. The molecule has 0 radical (unpaired) electrons. The lowest BCUT2D eigenvalue weighted by Crippen LogP contribution is -2.24. The van der Waals surface area contributed by atoms with E-state index in [9.17, 15) is 0 Å². The van der Waals surface area contributed by atoms with E-state index in [1.165, 1.54) is 5.56 Å². The van der Waals surface area contributed by atoms with Gasteiger partial charge in [0.05, 0.1) is 10.2 Å². The summed E-state index contributed by atoms with van der Waals surface area (Å²) in [7, 11) is 0. The number of hydrogen-bond donors (Lipinski definition) is 1. The Bertz CT molecular complexity index is 594. The molecule has 4 heteroatoms. The molecule has 0 saturated heterocycles. The molecule has 0 aliphatic carbocycles. The zero-order valence-corrected chi connectivity index (χ0v) is 13.7. The molecule has 106 valence electrons. The van der Waals surface area contributed by atoms with Crippen LogP contribution in [0.3, 0.4) is 0 Å². The highest BCUT2D eigenvalue weighted by molar-refractivity contribution is 9.10. The summed E-state index contributed by atoms with van der Waals surface area (Å²) in [5.41, 5.74) is 7.93. The van der Waals surface area contributed by atoms with Gasteiger partial charge in [0.15, 0.2) is 0 Å². The molecule has 1 aromatic heterocycles. The summed E-state index contributed by atoms with van der Waals surface area (Å²) in [6, 6.07) is 10.3. The second kappa shape index (κ2) is 5.92. The van der Waals surface area contributed by atoms with Crippen LogP contribution in [0.2, 0.25) is 0 Å². The Balaban J connectivity index is 2.52. The summed E-state index contributed by atoms with van der Waals surface area (Å²) < 4.78 is 0.826. The quantitative estimate of drug-likeness (QED) is 0.916. The van der Waals surface area contributed by atoms with E-state index >= 15 is 0 Å². The van der Waals surface area contributed by atoms with Gasteiger partial charge in [-0.1, -0.05) is 43.7 Å². The topological polar surface area (TPSA) is 51.8 Å². The van der Waals surface area contributed by atoms with Gasteiger partial charge in [-0.25, -0.2) is 9.97 Å². The summed E-state index contributed by atoms with van der Waals surface area (Å²) in [5.74, 6) is 1.29. The van der Waals surface area contributed by atoms with E-state index in [4.69, 9.17) is 10.7 Å². The molecule has 0 saturated carbocycles. The first kappa shape index (κ1) is 15.0. The zero-order valence-electron chi connectivity index (χ0n) is 12.2. The fourth-order valence-electron chi connectivity index (χ4n) is 2.18. The van der Waals surface area contributed by atoms with E-state index < -0.39 is 0 Å². The van der Waals surface area contributed by atoms with E-state index in [0.717, 1.165) is 28.8 Å². The van der Waals surface area contributed by atoms with Gasteiger partial charge >= 0.3 is 0 Å². The minimum atomic E-state index is -0.265. The average molecular weight is 334 g/mol. The van der Waals surface area contributed by atoms with E-state index in [0.29, 0.717) is 5.82 Å². The molecule has 1 heterocycles. The third-order valence-electron chi connectivity index (χ3n) is 3.49. The molecule has 2 N–H and O–H groups in total. The van der Waals surface area contributed by atoms with Crippen LogP contribution in [-0.4, -0.2) is 9.97 Å². The van der Waals surface area contributed by atoms with E-state index in [2.05, 4.69) is 53.8 Å². The third kappa shape index (κ3) is 2.85. The van der Waals surface area contributed by atoms with Gasteiger partial charge in [0, 0.05) is 5.41 Å². The largest absolute Gasteiger partial charge is 0.383 e. The molecule has 0 spiro atoms. The van der Waals surface area contributed by atoms with Crippen LogP contribution in [0.5, 0.6) is 0 Å². The second-order valence-electron chi connectivity index (χ2n) is 5.43. The highest BCUT2D eigenvalue weighted by atomic mass is 79.9. The third-order valence-corrected chi connectivity index (χ3v) is 4.35. The SMILES string of the molecule is CCCc1nc(C(C)(C)c2ccccc2)nc(N)c1Br. The number of anilines is 1. The number of nitrogen functional groups attached to an aromatic ring is 1. The fraction of sp³-hybridized carbons (Fsp3) is 0.375. The van der Waals surface area contributed by atoms with Gasteiger partial charge in [0.25, 0.3) is 0 Å². The predicted molar refractivity (Wildman–Crippen MR) is 86.7 cm³/mol. The van der Waals surface area contributed by atoms with Crippen LogP contribution in [0, 0.1) is 0 Å². The Morgan fingerprint density at radius 2 is 1.80 bits per heavy atom. The number of hydrogen-bond acceptors (Lipinski definition) is 3. The van der Waals surface area contributed by atoms with Gasteiger partial charge in [0.1, 0.15) is 11.6 Å². The lowest BCUT2D eigenvalue weighted by Gasteiger charge is -2.24. The lowest BCUT2D eigenvalue weighted by atomic mass is 9.83. The van der Waals surface area contributed by atoms with Crippen molar-refractivity contribution in [2.45, 2.75) is 39.0 Å². The summed E-state index contributed by atoms with van der Waals surface area (Å²) >= 11 is 3.49. The zero-order chi connectivity index (χ0) is 14.8. The van der Waals surface area contributed by atoms with Crippen LogP contribution >= 0.6 is 15.9 Å². The molecule has 0 fully saturated rings. The lowest BCUT2D eigenvalue weighted by molar-refractivity contribution is 0.584. The minimum absolute atomic E-state index is 0.265. The monoisotopic (exact) mass is 333 g/mol. The highest BCUT2D eigenvalue weighted by Crippen LogP contribution is 2.32. The van der Waals surface area contributed by atoms with Gasteiger partial charge in [-0.3, -0.25) is 0 Å². The summed E-state index contributed by atoms with van der Waals surface area (Å²) in [4.78, 5) is 9.22. The number of halogens is 1. The normalized spacial score (nSPS) is 11.6. The standard InChI is InChI=1S/C16H20BrN3/c1-4-8-12-13(17)14(18)20-15(19-12)16(2,3)11-9-6-5-7-10-11/h5-7,9-10H,4,8H2,1-3H3,(H2,18,19,20). The van der Waals surface area contributed by atoms with Gasteiger partial charge in [-0.15, -0.1) is 0 Å². The van der Waals surface area contributed by atoms with Crippen molar-refractivity contribution >= 4 is 21.7 Å². The Morgan fingerprint density at radius 1 is 1.15 bits per heavy atom. The Morgan fingerprint density at radius 3 is 2.40 bits per heavy atom. The van der Waals surface area contributed by atoms with Crippen LogP contribution in [-0.2, 0) is 11.8 Å². The molecule has 0 unspecified atom stereocenters. The molecule has 1 aromatic carbocycles. The first-order valence-electron chi connectivity index (χ1n) is 6.84. The smallest absolute Gasteiger partial charge is 0.141 e. The summed E-state index contributed by atoms with van der Waals surface area (Å²) in [6.07, 6.45) is 1.92. The first-order chi connectivity index (χ1) is 9.46. The minimum Gasteiger partial charge on any atom is -0.383 e. The highest BCUT2D eigenvalue weighted by Gasteiger charge is 2.27. The molecule has 0 bridgehead atoms. The number of aryl methyl sites for hydroxylation is 1. The van der Waals surface area contributed by atoms with Gasteiger partial charge in [-0.05, 0) is 41.8 Å². The molecule has 2 rings (SSSR count). The van der Waals surface area contributed by atoms with Crippen molar-refractivity contribution in [3.05, 3.63) is 51.9 Å². The van der Waals surface area contributed by atoms with E-state index in [1.807, 2.05) is 18.2 Å². The van der Waals surface area contributed by atoms with E-state index in [-0.39, 0.29) is 5.41 Å². The fourth-order valence-corrected chi connectivity index (χ4v) is 2.55. The Labute approximate surface area is 128 Å². The summed E-state index contributed by atoms with van der Waals surface area (Å²) in [5, 5.41) is 0. The van der Waals surface area contributed by atoms with Crippen molar-refractivity contribution in [2.75, 3.05) is 5.73 Å². The van der Waals surface area contributed by atoms with Crippen molar-refractivity contribution in [3.8, 4) is 0 Å². The van der Waals surface area contributed by atoms with Crippen molar-refractivity contribution in [1.29, 1.82) is 0 Å². The van der Waals surface area contributed by atoms with Gasteiger partial charge in [0.2, 0.25) is 0 Å². The number of nitrogens with zero attached hydrogens (tertiary/aromatic N) is 2. The van der Waals surface area contributed by atoms with Crippen molar-refractivity contribution < 1.29 is 0 Å². The molecule has 0 atom stereocenters. The number of nitrogens with two attached hydrogens (primary N) is 1.